The van der Waals surface area contributed by atoms with Crippen LogP contribution in [0, 0.1) is 6.92 Å². The zero-order valence-corrected chi connectivity index (χ0v) is 15.2. The van der Waals surface area contributed by atoms with Crippen molar-refractivity contribution in [3.05, 3.63) is 45.9 Å². The lowest BCUT2D eigenvalue weighted by Crippen LogP contribution is -2.19. The van der Waals surface area contributed by atoms with Crippen molar-refractivity contribution in [3.8, 4) is 11.5 Å². The summed E-state index contributed by atoms with van der Waals surface area (Å²) in [7, 11) is 3.10. The average molecular weight is 371 g/mol. The van der Waals surface area contributed by atoms with Crippen LogP contribution in [-0.2, 0) is 0 Å². The summed E-state index contributed by atoms with van der Waals surface area (Å²) < 4.78 is 10.5. The van der Waals surface area contributed by atoms with E-state index in [4.69, 9.17) is 44.9 Å². The highest BCUT2D eigenvalue weighted by atomic mass is 35.5. The van der Waals surface area contributed by atoms with E-state index in [0.717, 1.165) is 11.3 Å². The van der Waals surface area contributed by atoms with Gasteiger partial charge < -0.3 is 20.1 Å². The first kappa shape index (κ1) is 17.7. The predicted molar refractivity (Wildman–Crippen MR) is 101 cm³/mol. The molecule has 0 radical (unpaired) electrons. The van der Waals surface area contributed by atoms with E-state index in [0.29, 0.717) is 32.3 Å². The number of hydrogen-bond acceptors (Lipinski definition) is 3. The molecule has 0 unspecified atom stereocenters. The number of thiocarbonyl (C=S) groups is 1. The molecular formula is C16H16Cl2N2O2S. The Kier molecular flexibility index (Phi) is 5.93. The fraction of sp³-hybridized carbons (Fsp3) is 0.188. The van der Waals surface area contributed by atoms with E-state index < -0.39 is 0 Å². The van der Waals surface area contributed by atoms with E-state index in [1.165, 1.54) is 0 Å². The van der Waals surface area contributed by atoms with E-state index in [2.05, 4.69) is 10.6 Å². The van der Waals surface area contributed by atoms with Crippen LogP contribution in [0.5, 0.6) is 11.5 Å². The predicted octanol–water partition coefficient (Wildman–Crippen LogP) is 5.13. The summed E-state index contributed by atoms with van der Waals surface area (Å²) in [6, 6.07) is 9.00. The summed E-state index contributed by atoms with van der Waals surface area (Å²) in [6.07, 6.45) is 0. The molecule has 2 aromatic carbocycles. The van der Waals surface area contributed by atoms with Crippen molar-refractivity contribution in [3.63, 3.8) is 0 Å². The second-order valence-corrected chi connectivity index (χ2v) is 5.95. The van der Waals surface area contributed by atoms with Gasteiger partial charge in [0.25, 0.3) is 0 Å². The molecule has 2 aromatic rings. The minimum atomic E-state index is 0.393. The Labute approximate surface area is 150 Å². The van der Waals surface area contributed by atoms with Crippen molar-refractivity contribution < 1.29 is 9.47 Å². The van der Waals surface area contributed by atoms with Crippen molar-refractivity contribution in [2.45, 2.75) is 6.92 Å². The third-order valence-electron chi connectivity index (χ3n) is 3.15. The van der Waals surface area contributed by atoms with Gasteiger partial charge in [0.2, 0.25) is 0 Å². The van der Waals surface area contributed by atoms with Gasteiger partial charge >= 0.3 is 0 Å². The van der Waals surface area contributed by atoms with Gasteiger partial charge in [0.05, 0.1) is 24.9 Å². The van der Waals surface area contributed by atoms with Crippen molar-refractivity contribution in [1.82, 2.24) is 0 Å². The fourth-order valence-corrected chi connectivity index (χ4v) is 2.56. The van der Waals surface area contributed by atoms with E-state index in [9.17, 15) is 0 Å². The Morgan fingerprint density at radius 2 is 1.65 bits per heavy atom. The molecule has 2 N–H and O–H groups in total. The zero-order valence-electron chi connectivity index (χ0n) is 12.9. The second kappa shape index (κ2) is 7.73. The fourth-order valence-electron chi connectivity index (χ4n) is 1.91. The lowest BCUT2D eigenvalue weighted by molar-refractivity contribution is 0.396. The van der Waals surface area contributed by atoms with Crippen LogP contribution < -0.4 is 20.1 Å². The largest absolute Gasteiger partial charge is 0.495 e. The summed E-state index contributed by atoms with van der Waals surface area (Å²) >= 11 is 17.6. The Morgan fingerprint density at radius 1 is 0.957 bits per heavy atom. The second-order valence-electron chi connectivity index (χ2n) is 4.73. The number of nitrogens with one attached hydrogen (secondary N) is 2. The maximum atomic E-state index is 6.14. The van der Waals surface area contributed by atoms with Crippen LogP contribution in [0.15, 0.2) is 30.3 Å². The normalized spacial score (nSPS) is 10.1. The molecule has 2 rings (SSSR count). The van der Waals surface area contributed by atoms with Gasteiger partial charge in [-0.1, -0.05) is 29.3 Å². The number of ether oxygens (including phenoxy) is 2. The Hall–Kier alpha value is -1.69. The molecule has 4 nitrogen and oxygen atoms in total. The Balaban J connectivity index is 2.16. The van der Waals surface area contributed by atoms with Crippen LogP contribution in [0.1, 0.15) is 5.56 Å². The standard InChI is InChI=1S/C16H16Cl2N2O2S/c1-9-4-5-10(6-11(9)17)19-16(23)20-13-7-12(18)14(21-2)8-15(13)22-3/h4-8H,1-3H3,(H2,19,20,23). The topological polar surface area (TPSA) is 42.5 Å². The summed E-state index contributed by atoms with van der Waals surface area (Å²) in [5.41, 5.74) is 2.42. The molecule has 122 valence electrons. The van der Waals surface area contributed by atoms with Crippen molar-refractivity contribution in [1.29, 1.82) is 0 Å². The number of rotatable bonds is 4. The summed E-state index contributed by atoms with van der Waals surface area (Å²) in [4.78, 5) is 0. The molecule has 0 amide bonds. The van der Waals surface area contributed by atoms with Gasteiger partial charge in [0.1, 0.15) is 11.5 Å². The Morgan fingerprint density at radius 3 is 2.26 bits per heavy atom. The molecular weight excluding hydrogens is 355 g/mol. The Bertz CT molecular complexity index is 738. The zero-order chi connectivity index (χ0) is 17.0. The van der Waals surface area contributed by atoms with Gasteiger partial charge in [0.15, 0.2) is 5.11 Å². The number of hydrogen-bond donors (Lipinski definition) is 2. The van der Waals surface area contributed by atoms with Crippen molar-refractivity contribution in [2.75, 3.05) is 24.9 Å². The van der Waals surface area contributed by atoms with Crippen LogP contribution in [0.3, 0.4) is 0 Å². The molecule has 7 heteroatoms. The van der Waals surface area contributed by atoms with Gasteiger partial charge in [-0.3, -0.25) is 0 Å². The summed E-state index contributed by atoms with van der Waals surface area (Å²) in [6.45, 7) is 1.94. The molecule has 0 spiro atoms. The molecule has 0 aliphatic heterocycles. The SMILES string of the molecule is COc1cc(OC)c(NC(=S)Nc2ccc(C)c(Cl)c2)cc1Cl. The van der Waals surface area contributed by atoms with Gasteiger partial charge in [-0.05, 0) is 42.9 Å². The molecule has 0 atom stereocenters. The van der Waals surface area contributed by atoms with Gasteiger partial charge in [-0.25, -0.2) is 0 Å². The molecule has 0 aliphatic rings. The minimum absolute atomic E-state index is 0.393. The molecule has 0 saturated carbocycles. The number of benzene rings is 2. The first-order valence-corrected chi connectivity index (χ1v) is 7.86. The minimum Gasteiger partial charge on any atom is -0.495 e. The molecule has 0 saturated heterocycles. The molecule has 0 fully saturated rings. The van der Waals surface area contributed by atoms with E-state index >= 15 is 0 Å². The lowest BCUT2D eigenvalue weighted by Gasteiger charge is -2.15. The lowest BCUT2D eigenvalue weighted by atomic mass is 10.2. The van der Waals surface area contributed by atoms with E-state index in [-0.39, 0.29) is 0 Å². The third kappa shape index (κ3) is 4.41. The molecule has 0 bridgehead atoms. The van der Waals surface area contributed by atoms with Gasteiger partial charge in [-0.15, -0.1) is 0 Å². The first-order chi connectivity index (χ1) is 10.9. The maximum absolute atomic E-state index is 6.14. The maximum Gasteiger partial charge on any atom is 0.175 e. The monoisotopic (exact) mass is 370 g/mol. The van der Waals surface area contributed by atoms with E-state index in [1.807, 2.05) is 25.1 Å². The summed E-state index contributed by atoms with van der Waals surface area (Å²) in [5.74, 6) is 1.09. The van der Waals surface area contributed by atoms with Crippen LogP contribution >= 0.6 is 35.4 Å². The van der Waals surface area contributed by atoms with Crippen LogP contribution in [0.2, 0.25) is 10.0 Å². The quantitative estimate of drug-likeness (QED) is 0.730. The molecule has 0 aromatic heterocycles. The van der Waals surface area contributed by atoms with Gasteiger partial charge in [0, 0.05) is 16.8 Å². The number of anilines is 2. The first-order valence-electron chi connectivity index (χ1n) is 6.70. The molecule has 0 heterocycles. The number of methoxy groups -OCH3 is 2. The van der Waals surface area contributed by atoms with Gasteiger partial charge in [-0.2, -0.15) is 0 Å². The molecule has 0 aliphatic carbocycles. The van der Waals surface area contributed by atoms with Crippen LogP contribution in [-0.4, -0.2) is 19.3 Å². The smallest absolute Gasteiger partial charge is 0.175 e. The highest BCUT2D eigenvalue weighted by Crippen LogP contribution is 2.36. The summed E-state index contributed by atoms with van der Waals surface area (Å²) in [5, 5.41) is 7.63. The van der Waals surface area contributed by atoms with Crippen molar-refractivity contribution in [2.24, 2.45) is 0 Å². The highest BCUT2D eigenvalue weighted by Gasteiger charge is 2.11. The third-order valence-corrected chi connectivity index (χ3v) is 4.06. The van der Waals surface area contributed by atoms with Crippen LogP contribution in [0.25, 0.3) is 0 Å². The van der Waals surface area contributed by atoms with E-state index in [1.54, 1.807) is 26.4 Å². The number of aryl methyl sites for hydroxylation is 1. The molecule has 23 heavy (non-hydrogen) atoms. The van der Waals surface area contributed by atoms with Crippen LogP contribution in [0.4, 0.5) is 11.4 Å². The highest BCUT2D eigenvalue weighted by molar-refractivity contribution is 7.80. The number of halogens is 2. The average Bonchev–Trinajstić information content (AvgIpc) is 2.51. The van der Waals surface area contributed by atoms with Crippen molar-refractivity contribution >= 4 is 51.9 Å².